The number of amides is 1. The minimum absolute atomic E-state index is 0.0265. The Balaban J connectivity index is 1.38. The summed E-state index contributed by atoms with van der Waals surface area (Å²) >= 11 is 0. The van der Waals surface area contributed by atoms with Crippen molar-refractivity contribution in [1.82, 2.24) is 19.4 Å². The molecule has 198 valence electrons. The molecule has 3 aromatic heterocycles. The van der Waals surface area contributed by atoms with Crippen LogP contribution >= 0.6 is 0 Å². The fraction of sp³-hybridized carbons (Fsp3) is 0.600. The molecule has 2 saturated carbocycles. The number of carbonyl (C=O) groups excluding carboxylic acids is 1. The summed E-state index contributed by atoms with van der Waals surface area (Å²) in [7, 11) is 0. The quantitative estimate of drug-likeness (QED) is 0.486. The minimum atomic E-state index is -2.81. The van der Waals surface area contributed by atoms with Gasteiger partial charge in [0, 0.05) is 19.2 Å². The lowest BCUT2D eigenvalue weighted by Gasteiger charge is -2.47. The lowest BCUT2D eigenvalue weighted by molar-refractivity contribution is -0.600. The molecule has 0 bridgehead atoms. The highest BCUT2D eigenvalue weighted by Crippen LogP contribution is 2.39. The van der Waals surface area contributed by atoms with E-state index in [4.69, 9.17) is 15.5 Å². The maximum Gasteiger partial charge on any atom is 0.363 e. The van der Waals surface area contributed by atoms with Crippen LogP contribution in [0.4, 0.5) is 14.6 Å². The normalized spacial score (nSPS) is 23.6. The Labute approximate surface area is 212 Å². The molecule has 1 spiro atoms. The molecular weight excluding hydrogens is 484 g/mol. The van der Waals surface area contributed by atoms with E-state index < -0.39 is 12.3 Å². The highest BCUT2D eigenvalue weighted by Gasteiger charge is 2.43. The van der Waals surface area contributed by atoms with Gasteiger partial charge in [-0.05, 0) is 55.8 Å². The number of alkyl halides is 2. The minimum Gasteiger partial charge on any atom is -0.396 e. The van der Waals surface area contributed by atoms with Gasteiger partial charge in [0.05, 0.1) is 37.2 Å². The number of anilines is 1. The van der Waals surface area contributed by atoms with Gasteiger partial charge in [-0.2, -0.15) is 9.78 Å². The van der Waals surface area contributed by atoms with Crippen molar-refractivity contribution in [3.63, 3.8) is 0 Å². The standard InChI is InChI=1S/C25H31F2N7O3/c26-22(27)21-19(13-32(30-21)17-4-2-16(14-35)3-5-17)34-12-18(23(28)36)24-29-20(6-9-33(24)34)31-10-11-37-25(15-31)7-1-8-25/h6,9,12-13,16-17,22,35H,1-5,7-8,10-11,14-15H2,(H-,28,36)/p+1. The Morgan fingerprint density at radius 1 is 1.27 bits per heavy atom. The molecule has 6 rings (SSSR count). The molecule has 10 nitrogen and oxygen atoms in total. The van der Waals surface area contributed by atoms with Gasteiger partial charge in [-0.15, -0.1) is 4.52 Å². The van der Waals surface area contributed by atoms with E-state index in [-0.39, 0.29) is 41.1 Å². The maximum atomic E-state index is 14.1. The largest absolute Gasteiger partial charge is 0.396 e. The number of hydrogen-bond donors (Lipinski definition) is 2. The molecule has 1 amide bonds. The van der Waals surface area contributed by atoms with E-state index >= 15 is 0 Å². The Hall–Kier alpha value is -3.12. The number of aromatic nitrogens is 5. The molecule has 0 atom stereocenters. The van der Waals surface area contributed by atoms with Crippen LogP contribution in [0.5, 0.6) is 0 Å². The molecule has 3 fully saturated rings. The van der Waals surface area contributed by atoms with Gasteiger partial charge < -0.3 is 20.5 Å². The Morgan fingerprint density at radius 3 is 2.70 bits per heavy atom. The summed E-state index contributed by atoms with van der Waals surface area (Å²) in [6, 6.07) is 1.80. The number of hydrogen-bond acceptors (Lipinski definition) is 6. The zero-order valence-electron chi connectivity index (χ0n) is 20.6. The number of rotatable bonds is 6. The molecule has 37 heavy (non-hydrogen) atoms. The van der Waals surface area contributed by atoms with Crippen LogP contribution in [0.15, 0.2) is 24.7 Å². The molecule has 2 aliphatic carbocycles. The van der Waals surface area contributed by atoms with Gasteiger partial charge in [-0.1, -0.05) is 0 Å². The van der Waals surface area contributed by atoms with Crippen molar-refractivity contribution in [2.24, 2.45) is 11.7 Å². The molecule has 12 heteroatoms. The van der Waals surface area contributed by atoms with Crippen LogP contribution in [0.25, 0.3) is 11.3 Å². The van der Waals surface area contributed by atoms with Gasteiger partial charge in [0.1, 0.15) is 11.9 Å². The summed E-state index contributed by atoms with van der Waals surface area (Å²) in [6.07, 6.45) is 8.33. The predicted octanol–water partition coefficient (Wildman–Crippen LogP) is 2.33. The van der Waals surface area contributed by atoms with Crippen LogP contribution < -0.4 is 15.1 Å². The van der Waals surface area contributed by atoms with E-state index in [1.807, 2.05) is 6.07 Å². The number of aliphatic hydroxyl groups is 1. The number of nitrogens with zero attached hydrogens (tertiary/aromatic N) is 6. The fourth-order valence-corrected chi connectivity index (χ4v) is 5.96. The molecule has 3 aliphatic rings. The maximum absolute atomic E-state index is 14.1. The van der Waals surface area contributed by atoms with Crippen LogP contribution in [0.1, 0.15) is 73.5 Å². The number of nitrogens with two attached hydrogens (primary N) is 1. The number of morpholine rings is 1. The van der Waals surface area contributed by atoms with Crippen LogP contribution in [-0.2, 0) is 4.74 Å². The van der Waals surface area contributed by atoms with E-state index in [0.29, 0.717) is 24.6 Å². The van der Waals surface area contributed by atoms with Gasteiger partial charge >= 0.3 is 5.65 Å². The lowest BCUT2D eigenvalue weighted by Crippen LogP contribution is -2.56. The van der Waals surface area contributed by atoms with Crippen LogP contribution in [0, 0.1) is 5.92 Å². The summed E-state index contributed by atoms with van der Waals surface area (Å²) in [5.74, 6) is 0.251. The van der Waals surface area contributed by atoms with Crippen molar-refractivity contribution >= 4 is 17.4 Å². The second-order valence-corrected chi connectivity index (χ2v) is 10.5. The predicted molar refractivity (Wildman–Crippen MR) is 129 cm³/mol. The summed E-state index contributed by atoms with van der Waals surface area (Å²) in [5, 5.41) is 13.7. The monoisotopic (exact) mass is 516 g/mol. The molecule has 1 aliphatic heterocycles. The highest BCUT2D eigenvalue weighted by molar-refractivity contribution is 5.97. The summed E-state index contributed by atoms with van der Waals surface area (Å²) in [5.41, 5.74) is 5.82. The third kappa shape index (κ3) is 4.25. The van der Waals surface area contributed by atoms with Gasteiger partial charge in [0.2, 0.25) is 5.82 Å². The number of ether oxygens (including phenoxy) is 1. The molecular formula is C25H32F2N7O3+. The van der Waals surface area contributed by atoms with Crippen molar-refractivity contribution in [3.05, 3.63) is 35.9 Å². The first-order chi connectivity index (χ1) is 17.9. The molecule has 3 N–H and O–H groups in total. The molecule has 1 saturated heterocycles. The second-order valence-electron chi connectivity index (χ2n) is 10.5. The van der Waals surface area contributed by atoms with Gasteiger partial charge in [0.15, 0.2) is 11.3 Å². The Kier molecular flexibility index (Phi) is 6.10. The number of primary amides is 1. The molecule has 0 unspecified atom stereocenters. The number of halogens is 2. The number of aliphatic hydroxyl groups excluding tert-OH is 1. The molecule has 3 aromatic rings. The number of fused-ring (bicyclic) bond motifs is 1. The van der Waals surface area contributed by atoms with Crippen molar-refractivity contribution in [1.29, 1.82) is 0 Å². The SMILES string of the molecule is NC(=O)c1cn(-c2cn(C3CCC(CO)CC3)nc2C(F)F)[n+]2ccc(N3CCOC4(CCC4)C3)nc12. The third-order valence-electron chi connectivity index (χ3n) is 8.27. The van der Waals surface area contributed by atoms with Crippen LogP contribution in [0.3, 0.4) is 0 Å². The van der Waals surface area contributed by atoms with Crippen LogP contribution in [-0.4, -0.2) is 62.4 Å². The zero-order chi connectivity index (χ0) is 25.7. The van der Waals surface area contributed by atoms with Crippen molar-refractivity contribution in [2.45, 2.75) is 63.0 Å². The summed E-state index contributed by atoms with van der Waals surface area (Å²) < 4.78 is 38.9. The first-order valence-electron chi connectivity index (χ1n) is 13.0. The van der Waals surface area contributed by atoms with E-state index in [0.717, 1.165) is 51.5 Å². The lowest BCUT2D eigenvalue weighted by atomic mass is 9.79. The van der Waals surface area contributed by atoms with E-state index in [1.54, 1.807) is 21.6 Å². The fourth-order valence-electron chi connectivity index (χ4n) is 5.96. The smallest absolute Gasteiger partial charge is 0.363 e. The van der Waals surface area contributed by atoms with Crippen molar-refractivity contribution in [3.8, 4) is 5.69 Å². The Morgan fingerprint density at radius 2 is 2.05 bits per heavy atom. The average molecular weight is 517 g/mol. The van der Waals surface area contributed by atoms with Crippen molar-refractivity contribution in [2.75, 3.05) is 31.2 Å². The van der Waals surface area contributed by atoms with Crippen LogP contribution in [0.2, 0.25) is 0 Å². The average Bonchev–Trinajstić information content (AvgIpc) is 3.50. The zero-order valence-corrected chi connectivity index (χ0v) is 20.6. The summed E-state index contributed by atoms with van der Waals surface area (Å²) in [6.45, 7) is 2.15. The van der Waals surface area contributed by atoms with Gasteiger partial charge in [-0.3, -0.25) is 9.48 Å². The Bertz CT molecular complexity index is 1310. The van der Waals surface area contributed by atoms with E-state index in [1.165, 1.54) is 10.9 Å². The first-order valence-corrected chi connectivity index (χ1v) is 13.0. The topological polar surface area (TPSA) is 116 Å². The molecule has 0 radical (unpaired) electrons. The van der Waals surface area contributed by atoms with E-state index in [2.05, 4.69) is 10.00 Å². The summed E-state index contributed by atoms with van der Waals surface area (Å²) in [4.78, 5) is 19.3. The van der Waals surface area contributed by atoms with E-state index in [9.17, 15) is 18.7 Å². The van der Waals surface area contributed by atoms with Gasteiger partial charge in [0.25, 0.3) is 12.3 Å². The number of carbonyl (C=O) groups is 1. The van der Waals surface area contributed by atoms with Crippen molar-refractivity contribution < 1.29 is 27.9 Å². The second kappa shape index (κ2) is 9.32. The third-order valence-corrected chi connectivity index (χ3v) is 8.27. The molecule has 0 aromatic carbocycles. The first kappa shape index (κ1) is 24.2. The molecule has 4 heterocycles. The highest BCUT2D eigenvalue weighted by atomic mass is 19.3. The van der Waals surface area contributed by atoms with Gasteiger partial charge in [-0.25, -0.2) is 8.78 Å².